The maximum atomic E-state index is 13.7. The van der Waals surface area contributed by atoms with Crippen LogP contribution in [0.1, 0.15) is 18.2 Å². The molecule has 0 amide bonds. The first-order valence-electron chi connectivity index (χ1n) is 6.04. The lowest BCUT2D eigenvalue weighted by Gasteiger charge is -2.24. The molecule has 1 heterocycles. The molecule has 0 fully saturated rings. The smallest absolute Gasteiger partial charge is 0.276 e. The number of aryl methyl sites for hydroxylation is 1. The van der Waals surface area contributed by atoms with Gasteiger partial charge in [-0.3, -0.25) is 4.79 Å². The number of aliphatic hydroxyl groups is 2. The minimum absolute atomic E-state index is 0.157. The van der Waals surface area contributed by atoms with Gasteiger partial charge in [-0.2, -0.15) is 4.98 Å². The Balaban J connectivity index is 3.06. The Bertz CT molecular complexity index is 497. The van der Waals surface area contributed by atoms with Gasteiger partial charge < -0.3 is 19.5 Å². The van der Waals surface area contributed by atoms with E-state index in [0.29, 0.717) is 10.7 Å². The van der Waals surface area contributed by atoms with E-state index in [9.17, 15) is 14.3 Å². The summed E-state index contributed by atoms with van der Waals surface area (Å²) in [4.78, 5) is 15.4. The van der Waals surface area contributed by atoms with Crippen LogP contribution in [0.4, 0.5) is 4.39 Å². The molecule has 0 spiro atoms. The van der Waals surface area contributed by atoms with Gasteiger partial charge in [0.15, 0.2) is 5.16 Å². The van der Waals surface area contributed by atoms with Gasteiger partial charge in [0.1, 0.15) is 18.5 Å². The highest BCUT2D eigenvalue weighted by atomic mass is 32.2. The molecular weight excluding hydrogens is 287 g/mol. The molecular formula is C12H19FN2O4S. The number of methoxy groups -OCH3 is 1. The number of aliphatic hydroxyl groups excluding tert-OH is 2. The fraction of sp³-hybridized carbons (Fsp3) is 0.667. The number of nitrogens with zero attached hydrogens (tertiary/aromatic N) is 2. The molecule has 1 aromatic rings. The van der Waals surface area contributed by atoms with E-state index >= 15 is 0 Å². The molecule has 1 rings (SSSR count). The van der Waals surface area contributed by atoms with Gasteiger partial charge in [-0.05, 0) is 13.2 Å². The Kier molecular flexibility index (Phi) is 6.60. The number of alkyl halides is 1. The van der Waals surface area contributed by atoms with Gasteiger partial charge in [-0.25, -0.2) is 4.39 Å². The lowest BCUT2D eigenvalue weighted by atomic mass is 10.1. The first-order chi connectivity index (χ1) is 9.44. The van der Waals surface area contributed by atoms with Crippen molar-refractivity contribution >= 4 is 11.8 Å². The predicted octanol–water partition coefficient (Wildman–Crippen LogP) is 0.500. The maximum absolute atomic E-state index is 13.7. The summed E-state index contributed by atoms with van der Waals surface area (Å²) in [7, 11) is 1.40. The van der Waals surface area contributed by atoms with Crippen LogP contribution >= 0.6 is 11.8 Å². The van der Waals surface area contributed by atoms with Gasteiger partial charge in [0, 0.05) is 25.3 Å². The Morgan fingerprint density at radius 1 is 1.60 bits per heavy atom. The van der Waals surface area contributed by atoms with E-state index in [-0.39, 0.29) is 12.0 Å². The van der Waals surface area contributed by atoms with Crippen LogP contribution in [0.2, 0.25) is 0 Å². The van der Waals surface area contributed by atoms with E-state index in [4.69, 9.17) is 9.84 Å². The largest absolute Gasteiger partial charge is 0.394 e. The molecule has 1 unspecified atom stereocenters. The molecule has 0 bridgehead atoms. The third kappa shape index (κ3) is 4.02. The van der Waals surface area contributed by atoms with Crippen molar-refractivity contribution in [3.63, 3.8) is 0 Å². The lowest BCUT2D eigenvalue weighted by Crippen LogP contribution is -2.30. The first kappa shape index (κ1) is 17.1. The van der Waals surface area contributed by atoms with Crippen molar-refractivity contribution in [1.82, 2.24) is 9.55 Å². The molecule has 0 aliphatic heterocycles. The highest BCUT2D eigenvalue weighted by Gasteiger charge is 2.24. The topological polar surface area (TPSA) is 84.6 Å². The number of thioether (sulfide) groups is 1. The zero-order valence-corrected chi connectivity index (χ0v) is 12.4. The molecule has 0 aliphatic carbocycles. The number of hydrogen-bond acceptors (Lipinski definition) is 6. The van der Waals surface area contributed by atoms with Crippen LogP contribution in [0.25, 0.3) is 0 Å². The molecule has 0 aromatic carbocycles. The molecule has 1 aromatic heterocycles. The molecule has 3 atom stereocenters. The molecule has 0 saturated carbocycles. The second-order valence-electron chi connectivity index (χ2n) is 4.32. The van der Waals surface area contributed by atoms with Crippen molar-refractivity contribution in [2.75, 3.05) is 20.0 Å². The first-order valence-corrected chi connectivity index (χ1v) is 7.26. The van der Waals surface area contributed by atoms with E-state index in [2.05, 4.69) is 4.98 Å². The van der Waals surface area contributed by atoms with Crippen LogP contribution in [0.3, 0.4) is 0 Å². The van der Waals surface area contributed by atoms with Crippen molar-refractivity contribution < 1.29 is 19.3 Å². The van der Waals surface area contributed by atoms with Crippen molar-refractivity contribution in [2.24, 2.45) is 0 Å². The number of rotatable bonds is 7. The summed E-state index contributed by atoms with van der Waals surface area (Å²) in [6, 6.07) is 0. The average molecular weight is 306 g/mol. The van der Waals surface area contributed by atoms with E-state index in [1.807, 2.05) is 0 Å². The Morgan fingerprint density at radius 2 is 2.25 bits per heavy atom. The fourth-order valence-electron chi connectivity index (χ4n) is 1.70. The molecule has 8 heteroatoms. The van der Waals surface area contributed by atoms with Gasteiger partial charge in [-0.1, -0.05) is 11.8 Å². The second kappa shape index (κ2) is 7.72. The second-order valence-corrected chi connectivity index (χ2v) is 5.09. The summed E-state index contributed by atoms with van der Waals surface area (Å²) >= 11 is 1.24. The highest BCUT2D eigenvalue weighted by Crippen LogP contribution is 2.23. The van der Waals surface area contributed by atoms with Crippen LogP contribution in [0.5, 0.6) is 0 Å². The standard InChI is InChI=1S/C12H19FN2O4S/c1-7-5-15(12(20-3)14-11(7)18)10(19-2)4-8(13)9(17)6-16/h5,8-10,16-17H,4,6H2,1-3H3/t8-,9+,10?/m0/s1. The van der Waals surface area contributed by atoms with E-state index in [1.165, 1.54) is 18.9 Å². The average Bonchev–Trinajstić information content (AvgIpc) is 2.45. The summed E-state index contributed by atoms with van der Waals surface area (Å²) in [5, 5.41) is 18.4. The third-order valence-electron chi connectivity index (χ3n) is 2.88. The third-order valence-corrected chi connectivity index (χ3v) is 3.55. The molecule has 2 N–H and O–H groups in total. The van der Waals surface area contributed by atoms with Crippen molar-refractivity contribution in [3.05, 3.63) is 22.1 Å². The van der Waals surface area contributed by atoms with Crippen LogP contribution in [0.15, 0.2) is 16.1 Å². The number of aromatic nitrogens is 2. The summed E-state index contributed by atoms with van der Waals surface area (Å²) in [5.74, 6) is 0. The van der Waals surface area contributed by atoms with Crippen molar-refractivity contribution in [3.8, 4) is 0 Å². The van der Waals surface area contributed by atoms with Gasteiger partial charge in [0.05, 0.1) is 6.61 Å². The summed E-state index contributed by atoms with van der Waals surface area (Å²) in [6.45, 7) is 0.951. The van der Waals surface area contributed by atoms with E-state index in [1.54, 1.807) is 23.9 Å². The molecule has 0 aliphatic rings. The molecule has 114 valence electrons. The van der Waals surface area contributed by atoms with Crippen LogP contribution in [-0.2, 0) is 4.74 Å². The molecule has 0 saturated heterocycles. The van der Waals surface area contributed by atoms with E-state index < -0.39 is 25.1 Å². The normalized spacial score (nSPS) is 15.9. The molecule has 6 nitrogen and oxygen atoms in total. The quantitative estimate of drug-likeness (QED) is 0.564. The van der Waals surface area contributed by atoms with Crippen LogP contribution < -0.4 is 5.56 Å². The number of ether oxygens (including phenoxy) is 1. The predicted molar refractivity (Wildman–Crippen MR) is 73.7 cm³/mol. The maximum Gasteiger partial charge on any atom is 0.276 e. The van der Waals surface area contributed by atoms with Crippen LogP contribution in [-0.4, -0.2) is 52.0 Å². The monoisotopic (exact) mass is 306 g/mol. The zero-order valence-electron chi connectivity index (χ0n) is 11.6. The Labute approximate surface area is 120 Å². The zero-order chi connectivity index (χ0) is 15.3. The van der Waals surface area contributed by atoms with Crippen LogP contribution in [0, 0.1) is 6.92 Å². The fourth-order valence-corrected chi connectivity index (χ4v) is 2.25. The summed E-state index contributed by atoms with van der Waals surface area (Å²) in [6.07, 6.45) is -0.683. The number of halogens is 1. The molecule has 0 radical (unpaired) electrons. The van der Waals surface area contributed by atoms with Crippen molar-refractivity contribution in [1.29, 1.82) is 0 Å². The SMILES string of the molecule is COC(C[C@H](F)[C@H](O)CO)n1cc(C)c(=O)nc1SC. The minimum atomic E-state index is -1.64. The number of hydrogen-bond donors (Lipinski definition) is 2. The summed E-state index contributed by atoms with van der Waals surface area (Å²) in [5.41, 5.74) is 0.0793. The highest BCUT2D eigenvalue weighted by molar-refractivity contribution is 7.98. The van der Waals surface area contributed by atoms with Crippen molar-refractivity contribution in [2.45, 2.75) is 37.0 Å². The minimum Gasteiger partial charge on any atom is -0.394 e. The summed E-state index contributed by atoms with van der Waals surface area (Å²) < 4.78 is 20.5. The molecule has 20 heavy (non-hydrogen) atoms. The van der Waals surface area contributed by atoms with Gasteiger partial charge in [0.25, 0.3) is 5.56 Å². The Morgan fingerprint density at radius 3 is 2.75 bits per heavy atom. The van der Waals surface area contributed by atoms with Gasteiger partial charge >= 0.3 is 0 Å². The van der Waals surface area contributed by atoms with Gasteiger partial charge in [-0.15, -0.1) is 0 Å². The lowest BCUT2D eigenvalue weighted by molar-refractivity contribution is -0.0331. The Hall–Kier alpha value is -0.960. The van der Waals surface area contributed by atoms with E-state index in [0.717, 1.165) is 0 Å². The van der Waals surface area contributed by atoms with Gasteiger partial charge in [0.2, 0.25) is 0 Å².